The van der Waals surface area contributed by atoms with Crippen LogP contribution in [0.4, 0.5) is 0 Å². The van der Waals surface area contributed by atoms with Crippen molar-refractivity contribution in [3.63, 3.8) is 0 Å². The Morgan fingerprint density at radius 3 is 1.76 bits per heavy atom. The van der Waals surface area contributed by atoms with Crippen molar-refractivity contribution < 1.29 is 0 Å². The Balaban J connectivity index is 1.64. The van der Waals surface area contributed by atoms with Crippen molar-refractivity contribution in [3.05, 3.63) is 56.5 Å². The van der Waals surface area contributed by atoms with Gasteiger partial charge in [-0.25, -0.2) is 0 Å². The molecule has 0 spiro atoms. The van der Waals surface area contributed by atoms with Gasteiger partial charge in [-0.05, 0) is 35.7 Å². The fourth-order valence-electron chi connectivity index (χ4n) is 2.27. The molecule has 0 aliphatic carbocycles. The standard InChI is InChI=1S/C17H14S4/c1-10(2)11-7-8-14-15(9-11)21-17(20-14)16-18-12-5-3-4-6-13(12)19-16/h3-10H,1-2H3. The quantitative estimate of drug-likeness (QED) is 0.543. The molecule has 0 aromatic heterocycles. The van der Waals surface area contributed by atoms with Gasteiger partial charge in [0.1, 0.15) is 0 Å². The average molecular weight is 347 g/mol. The summed E-state index contributed by atoms with van der Waals surface area (Å²) in [4.78, 5) is 5.62. The number of hydrogen-bond donors (Lipinski definition) is 0. The van der Waals surface area contributed by atoms with E-state index in [1.54, 1.807) is 0 Å². The zero-order chi connectivity index (χ0) is 14.4. The molecule has 2 heterocycles. The molecule has 0 nitrogen and oxygen atoms in total. The van der Waals surface area contributed by atoms with Crippen molar-refractivity contribution in [3.8, 4) is 0 Å². The number of thioether (sulfide) groups is 4. The van der Waals surface area contributed by atoms with Gasteiger partial charge < -0.3 is 0 Å². The topological polar surface area (TPSA) is 0 Å². The van der Waals surface area contributed by atoms with E-state index in [9.17, 15) is 0 Å². The van der Waals surface area contributed by atoms with Crippen LogP contribution in [0.25, 0.3) is 0 Å². The highest BCUT2D eigenvalue weighted by Crippen LogP contribution is 2.61. The van der Waals surface area contributed by atoms with E-state index in [-0.39, 0.29) is 0 Å². The molecule has 4 heteroatoms. The van der Waals surface area contributed by atoms with Crippen LogP contribution in [0.5, 0.6) is 0 Å². The maximum Gasteiger partial charge on any atom is 0.0706 e. The fourth-order valence-corrected chi connectivity index (χ4v) is 7.61. The van der Waals surface area contributed by atoms with Crippen molar-refractivity contribution >= 4 is 47.0 Å². The van der Waals surface area contributed by atoms with E-state index in [4.69, 9.17) is 0 Å². The molecule has 2 aromatic carbocycles. The molecule has 0 amide bonds. The lowest BCUT2D eigenvalue weighted by Crippen LogP contribution is -1.86. The third-order valence-electron chi connectivity index (χ3n) is 3.46. The van der Waals surface area contributed by atoms with E-state index in [1.807, 2.05) is 47.0 Å². The minimum Gasteiger partial charge on any atom is -0.0798 e. The summed E-state index contributed by atoms with van der Waals surface area (Å²) >= 11 is 7.69. The highest BCUT2D eigenvalue weighted by Gasteiger charge is 2.26. The first-order chi connectivity index (χ1) is 10.2. The third kappa shape index (κ3) is 2.67. The van der Waals surface area contributed by atoms with E-state index in [0.717, 1.165) is 0 Å². The SMILES string of the molecule is CC(C)c1ccc2c(c1)SC(=C1Sc3ccccc3S1)S2. The Labute approximate surface area is 142 Å². The highest BCUT2D eigenvalue weighted by molar-refractivity contribution is 8.30. The maximum absolute atomic E-state index is 2.36. The van der Waals surface area contributed by atoms with Crippen molar-refractivity contribution in [2.24, 2.45) is 0 Å². The van der Waals surface area contributed by atoms with Crippen LogP contribution in [0.1, 0.15) is 25.3 Å². The van der Waals surface area contributed by atoms with Crippen LogP contribution in [-0.4, -0.2) is 0 Å². The smallest absolute Gasteiger partial charge is 0.0706 e. The van der Waals surface area contributed by atoms with Crippen molar-refractivity contribution in [1.29, 1.82) is 0 Å². The number of fused-ring (bicyclic) bond motifs is 2. The normalized spacial score (nSPS) is 16.5. The molecule has 0 atom stereocenters. The Hall–Kier alpha value is -0.420. The second-order valence-electron chi connectivity index (χ2n) is 5.29. The predicted octanol–water partition coefficient (Wildman–Crippen LogP) is 7.03. The zero-order valence-electron chi connectivity index (χ0n) is 11.8. The van der Waals surface area contributed by atoms with Crippen LogP contribution in [0.2, 0.25) is 0 Å². The average Bonchev–Trinajstić information content (AvgIpc) is 3.09. The molecule has 0 saturated heterocycles. The van der Waals surface area contributed by atoms with Crippen molar-refractivity contribution in [1.82, 2.24) is 0 Å². The van der Waals surface area contributed by atoms with E-state index >= 15 is 0 Å². The van der Waals surface area contributed by atoms with E-state index in [0.29, 0.717) is 5.92 Å². The van der Waals surface area contributed by atoms with Crippen LogP contribution in [0, 0.1) is 0 Å². The summed E-state index contributed by atoms with van der Waals surface area (Å²) in [5, 5.41) is 0. The van der Waals surface area contributed by atoms with Crippen LogP contribution in [-0.2, 0) is 0 Å². The number of benzene rings is 2. The lowest BCUT2D eigenvalue weighted by molar-refractivity contribution is 0.858. The largest absolute Gasteiger partial charge is 0.0798 e. The highest BCUT2D eigenvalue weighted by atomic mass is 32.2. The van der Waals surface area contributed by atoms with Crippen LogP contribution < -0.4 is 0 Å². The molecule has 106 valence electrons. The van der Waals surface area contributed by atoms with E-state index in [2.05, 4.69) is 56.3 Å². The molecule has 21 heavy (non-hydrogen) atoms. The molecular weight excluding hydrogens is 332 g/mol. The van der Waals surface area contributed by atoms with Gasteiger partial charge in [0.05, 0.1) is 8.47 Å². The van der Waals surface area contributed by atoms with Crippen LogP contribution in [0.3, 0.4) is 0 Å². The summed E-state index contributed by atoms with van der Waals surface area (Å²) in [5.74, 6) is 0.595. The van der Waals surface area contributed by atoms with Gasteiger partial charge in [-0.1, -0.05) is 79.1 Å². The first kappa shape index (κ1) is 14.2. The number of hydrogen-bond acceptors (Lipinski definition) is 4. The predicted molar refractivity (Wildman–Crippen MR) is 97.4 cm³/mol. The molecular formula is C17H14S4. The van der Waals surface area contributed by atoms with Gasteiger partial charge in [0.25, 0.3) is 0 Å². The second-order valence-corrected chi connectivity index (χ2v) is 10.0. The summed E-state index contributed by atoms with van der Waals surface area (Å²) in [6, 6.07) is 15.6. The first-order valence-corrected chi connectivity index (χ1v) is 10.2. The van der Waals surface area contributed by atoms with Crippen molar-refractivity contribution in [2.75, 3.05) is 0 Å². The monoisotopic (exact) mass is 346 g/mol. The Bertz CT molecular complexity index is 719. The molecule has 0 bridgehead atoms. The van der Waals surface area contributed by atoms with Gasteiger partial charge in [-0.3, -0.25) is 0 Å². The maximum atomic E-state index is 2.36. The molecule has 2 aromatic rings. The fraction of sp³-hybridized carbons (Fsp3) is 0.176. The summed E-state index contributed by atoms with van der Waals surface area (Å²) in [7, 11) is 0. The Morgan fingerprint density at radius 1 is 0.667 bits per heavy atom. The Morgan fingerprint density at radius 2 is 1.19 bits per heavy atom. The summed E-state index contributed by atoms with van der Waals surface area (Å²) < 4.78 is 2.88. The number of rotatable bonds is 1. The molecule has 0 unspecified atom stereocenters. The van der Waals surface area contributed by atoms with Gasteiger partial charge in [-0.2, -0.15) is 0 Å². The van der Waals surface area contributed by atoms with Crippen LogP contribution >= 0.6 is 47.0 Å². The zero-order valence-corrected chi connectivity index (χ0v) is 15.0. The lowest BCUT2D eigenvalue weighted by Gasteiger charge is -2.06. The van der Waals surface area contributed by atoms with E-state index < -0.39 is 0 Å². The second kappa shape index (κ2) is 5.65. The molecule has 0 fully saturated rings. The molecule has 4 rings (SSSR count). The summed E-state index contributed by atoms with van der Waals surface area (Å²) in [6.45, 7) is 4.51. The van der Waals surface area contributed by atoms with Gasteiger partial charge in [0.2, 0.25) is 0 Å². The van der Waals surface area contributed by atoms with E-state index in [1.165, 1.54) is 33.6 Å². The first-order valence-electron chi connectivity index (χ1n) is 6.89. The lowest BCUT2D eigenvalue weighted by atomic mass is 10.0. The molecule has 0 saturated carbocycles. The third-order valence-corrected chi connectivity index (χ3v) is 9.08. The molecule has 2 aliphatic heterocycles. The van der Waals surface area contributed by atoms with Crippen molar-refractivity contribution in [2.45, 2.75) is 39.3 Å². The summed E-state index contributed by atoms with van der Waals surface area (Å²) in [5.41, 5.74) is 1.43. The van der Waals surface area contributed by atoms with Gasteiger partial charge in [0.15, 0.2) is 0 Å². The summed E-state index contributed by atoms with van der Waals surface area (Å²) in [6.07, 6.45) is 0. The Kier molecular flexibility index (Phi) is 3.82. The van der Waals surface area contributed by atoms with Crippen LogP contribution in [0.15, 0.2) is 70.5 Å². The van der Waals surface area contributed by atoms with Gasteiger partial charge in [-0.15, -0.1) is 0 Å². The minimum atomic E-state index is 0.595. The van der Waals surface area contributed by atoms with Gasteiger partial charge >= 0.3 is 0 Å². The minimum absolute atomic E-state index is 0.595. The van der Waals surface area contributed by atoms with Gasteiger partial charge in [0, 0.05) is 19.6 Å². The molecule has 2 aliphatic rings. The molecule has 0 N–H and O–H groups in total. The molecule has 0 radical (unpaired) electrons.